The second-order valence-electron chi connectivity index (χ2n) is 5.13. The van der Waals surface area contributed by atoms with Crippen molar-refractivity contribution in [3.63, 3.8) is 0 Å². The van der Waals surface area contributed by atoms with E-state index in [0.717, 1.165) is 35.6 Å². The molecule has 2 aromatic rings. The minimum atomic E-state index is -0.779. The van der Waals surface area contributed by atoms with Gasteiger partial charge in [-0.05, 0) is 29.2 Å². The summed E-state index contributed by atoms with van der Waals surface area (Å²) in [4.78, 5) is 12.2. The van der Waals surface area contributed by atoms with Crippen LogP contribution in [0.4, 0.5) is 0 Å². The first-order valence-electron chi connectivity index (χ1n) is 6.52. The topological polar surface area (TPSA) is 43.1 Å². The lowest BCUT2D eigenvalue weighted by molar-refractivity contribution is -0.126. The van der Waals surface area contributed by atoms with Crippen molar-refractivity contribution in [3.05, 3.63) is 48.0 Å². The Morgan fingerprint density at radius 2 is 1.78 bits per heavy atom. The summed E-state index contributed by atoms with van der Waals surface area (Å²) in [6.45, 7) is 0. The molecule has 0 aliphatic heterocycles. The summed E-state index contributed by atoms with van der Waals surface area (Å²) in [6.07, 6.45) is 3.38. The Morgan fingerprint density at radius 1 is 1.00 bits per heavy atom. The van der Waals surface area contributed by atoms with Gasteiger partial charge in [0.05, 0.1) is 0 Å². The van der Waals surface area contributed by atoms with Crippen molar-refractivity contribution in [2.75, 3.05) is 0 Å². The van der Waals surface area contributed by atoms with Gasteiger partial charge in [-0.3, -0.25) is 4.79 Å². The van der Waals surface area contributed by atoms with E-state index < -0.39 is 5.54 Å². The van der Waals surface area contributed by atoms with E-state index >= 15 is 0 Å². The van der Waals surface area contributed by atoms with Crippen molar-refractivity contribution in [1.82, 2.24) is 0 Å². The summed E-state index contributed by atoms with van der Waals surface area (Å²) >= 11 is 0. The molecular formula is C16H17NO. The van der Waals surface area contributed by atoms with E-state index in [9.17, 15) is 4.79 Å². The molecular weight excluding hydrogens is 222 g/mol. The monoisotopic (exact) mass is 239 g/mol. The van der Waals surface area contributed by atoms with Crippen LogP contribution in [0.2, 0.25) is 0 Å². The van der Waals surface area contributed by atoms with Gasteiger partial charge in [-0.15, -0.1) is 0 Å². The maximum atomic E-state index is 12.2. The van der Waals surface area contributed by atoms with Gasteiger partial charge in [0, 0.05) is 6.42 Å². The van der Waals surface area contributed by atoms with Gasteiger partial charge in [-0.25, -0.2) is 0 Å². The molecule has 0 spiro atoms. The molecule has 3 rings (SSSR count). The number of carbonyl (C=O) groups is 1. The fourth-order valence-electron chi connectivity index (χ4n) is 2.95. The molecule has 0 radical (unpaired) electrons. The van der Waals surface area contributed by atoms with Crippen LogP contribution < -0.4 is 5.73 Å². The van der Waals surface area contributed by atoms with Crippen LogP contribution >= 0.6 is 0 Å². The van der Waals surface area contributed by atoms with E-state index in [0.29, 0.717) is 6.42 Å². The van der Waals surface area contributed by atoms with E-state index in [-0.39, 0.29) is 5.78 Å². The molecule has 2 heteroatoms. The molecule has 0 aromatic heterocycles. The fourth-order valence-corrected chi connectivity index (χ4v) is 2.95. The lowest BCUT2D eigenvalue weighted by Crippen LogP contribution is -2.47. The minimum Gasteiger partial charge on any atom is -0.315 e. The number of nitrogens with two attached hydrogens (primary N) is 1. The molecule has 1 unspecified atom stereocenters. The average molecular weight is 239 g/mol. The molecule has 1 aliphatic rings. The number of Topliss-reactive ketones (excluding diaryl/α,β-unsaturated/α-hetero) is 1. The van der Waals surface area contributed by atoms with Crippen LogP contribution in [0.15, 0.2) is 42.5 Å². The van der Waals surface area contributed by atoms with Crippen LogP contribution in [0.5, 0.6) is 0 Å². The minimum absolute atomic E-state index is 0.185. The Morgan fingerprint density at radius 3 is 2.61 bits per heavy atom. The van der Waals surface area contributed by atoms with Gasteiger partial charge in [-0.1, -0.05) is 48.9 Å². The number of benzene rings is 2. The Kier molecular flexibility index (Phi) is 2.67. The van der Waals surface area contributed by atoms with Crippen molar-refractivity contribution in [1.29, 1.82) is 0 Å². The van der Waals surface area contributed by atoms with Gasteiger partial charge in [0.1, 0.15) is 5.54 Å². The van der Waals surface area contributed by atoms with E-state index in [1.54, 1.807) is 0 Å². The Labute approximate surface area is 107 Å². The third-order valence-electron chi connectivity index (χ3n) is 3.99. The average Bonchev–Trinajstić information content (AvgIpc) is 2.41. The van der Waals surface area contributed by atoms with Gasteiger partial charge in [0.2, 0.25) is 0 Å². The van der Waals surface area contributed by atoms with Crippen molar-refractivity contribution in [2.45, 2.75) is 31.2 Å². The molecule has 0 amide bonds. The Bertz CT molecular complexity index is 600. The van der Waals surface area contributed by atoms with Crippen LogP contribution in [0, 0.1) is 0 Å². The molecule has 0 saturated heterocycles. The number of hydrogen-bond acceptors (Lipinski definition) is 2. The molecule has 0 bridgehead atoms. The first-order chi connectivity index (χ1) is 8.72. The van der Waals surface area contributed by atoms with Gasteiger partial charge in [-0.2, -0.15) is 0 Å². The molecule has 2 N–H and O–H groups in total. The van der Waals surface area contributed by atoms with Gasteiger partial charge >= 0.3 is 0 Å². The van der Waals surface area contributed by atoms with Gasteiger partial charge in [0.25, 0.3) is 0 Å². The molecule has 18 heavy (non-hydrogen) atoms. The first-order valence-corrected chi connectivity index (χ1v) is 6.52. The Hall–Kier alpha value is -1.67. The maximum Gasteiger partial charge on any atom is 0.157 e. The van der Waals surface area contributed by atoms with E-state index in [1.165, 1.54) is 0 Å². The molecule has 2 nitrogen and oxygen atoms in total. The van der Waals surface area contributed by atoms with Crippen LogP contribution in [-0.2, 0) is 10.3 Å². The van der Waals surface area contributed by atoms with Gasteiger partial charge < -0.3 is 5.73 Å². The molecule has 1 atom stereocenters. The zero-order chi connectivity index (χ0) is 12.6. The van der Waals surface area contributed by atoms with Crippen LogP contribution in [0.25, 0.3) is 10.8 Å². The van der Waals surface area contributed by atoms with E-state index in [2.05, 4.69) is 18.2 Å². The van der Waals surface area contributed by atoms with E-state index in [1.807, 2.05) is 24.3 Å². The normalized spacial score (nSPS) is 24.4. The zero-order valence-corrected chi connectivity index (χ0v) is 10.4. The highest BCUT2D eigenvalue weighted by molar-refractivity contribution is 5.96. The standard InChI is InChI=1S/C16H17NO/c17-16(11-4-3-10-15(16)18)14-9-5-7-12-6-1-2-8-13(12)14/h1-2,5-9H,3-4,10-11,17H2. The maximum absolute atomic E-state index is 12.2. The van der Waals surface area contributed by atoms with E-state index in [4.69, 9.17) is 5.73 Å². The summed E-state index contributed by atoms with van der Waals surface area (Å²) < 4.78 is 0. The summed E-state index contributed by atoms with van der Waals surface area (Å²) in [7, 11) is 0. The van der Waals surface area contributed by atoms with Crippen LogP contribution in [-0.4, -0.2) is 5.78 Å². The summed E-state index contributed by atoms with van der Waals surface area (Å²) in [5, 5.41) is 2.26. The Balaban J connectivity index is 2.22. The molecule has 1 fully saturated rings. The molecule has 0 heterocycles. The number of hydrogen-bond donors (Lipinski definition) is 1. The second-order valence-corrected chi connectivity index (χ2v) is 5.13. The lowest BCUT2D eigenvalue weighted by Gasteiger charge is -2.33. The van der Waals surface area contributed by atoms with Crippen molar-refractivity contribution >= 4 is 16.6 Å². The third kappa shape index (κ3) is 1.65. The molecule has 92 valence electrons. The highest BCUT2D eigenvalue weighted by Crippen LogP contribution is 2.35. The fraction of sp³-hybridized carbons (Fsp3) is 0.312. The van der Waals surface area contributed by atoms with Crippen molar-refractivity contribution < 1.29 is 4.79 Å². The quantitative estimate of drug-likeness (QED) is 0.830. The number of carbonyl (C=O) groups excluding carboxylic acids is 1. The number of fused-ring (bicyclic) bond motifs is 1. The molecule has 2 aromatic carbocycles. The summed E-state index contributed by atoms with van der Waals surface area (Å²) in [5.74, 6) is 0.185. The van der Waals surface area contributed by atoms with Crippen LogP contribution in [0.3, 0.4) is 0 Å². The van der Waals surface area contributed by atoms with Crippen LogP contribution in [0.1, 0.15) is 31.2 Å². The predicted octanol–water partition coefficient (Wildman–Crippen LogP) is 3.14. The number of rotatable bonds is 1. The van der Waals surface area contributed by atoms with Crippen molar-refractivity contribution in [2.24, 2.45) is 5.73 Å². The highest BCUT2D eigenvalue weighted by atomic mass is 16.1. The summed E-state index contributed by atoms with van der Waals surface area (Å²) in [5.41, 5.74) is 6.65. The van der Waals surface area contributed by atoms with Crippen molar-refractivity contribution in [3.8, 4) is 0 Å². The molecule has 1 saturated carbocycles. The third-order valence-corrected chi connectivity index (χ3v) is 3.99. The molecule has 1 aliphatic carbocycles. The summed E-state index contributed by atoms with van der Waals surface area (Å²) in [6, 6.07) is 14.2. The number of ketones is 1. The largest absolute Gasteiger partial charge is 0.315 e. The smallest absolute Gasteiger partial charge is 0.157 e. The lowest BCUT2D eigenvalue weighted by atomic mass is 9.75. The van der Waals surface area contributed by atoms with Gasteiger partial charge in [0.15, 0.2) is 5.78 Å². The zero-order valence-electron chi connectivity index (χ0n) is 10.4. The predicted molar refractivity (Wildman–Crippen MR) is 73.3 cm³/mol. The first kappa shape index (κ1) is 11.4. The SMILES string of the molecule is NC1(c2cccc3ccccc23)CCCCC1=O. The highest BCUT2D eigenvalue weighted by Gasteiger charge is 2.38. The second kappa shape index (κ2) is 4.21.